The molecule has 0 radical (unpaired) electrons. The van der Waals surface area contributed by atoms with Crippen molar-refractivity contribution >= 4 is 27.9 Å². The minimum absolute atomic E-state index is 0.0243. The van der Waals surface area contributed by atoms with Gasteiger partial charge in [-0.3, -0.25) is 4.79 Å². The van der Waals surface area contributed by atoms with Gasteiger partial charge in [0.2, 0.25) is 0 Å². The number of carboxylic acid groups (broad SMARTS) is 1. The molecule has 2 amide bonds. The maximum Gasteiger partial charge on any atom is 0.320 e. The van der Waals surface area contributed by atoms with Gasteiger partial charge >= 0.3 is 12.0 Å². The van der Waals surface area contributed by atoms with E-state index in [1.54, 1.807) is 16.8 Å². The Balaban J connectivity index is 1.99. The molecule has 1 aliphatic rings. The fourth-order valence-electron chi connectivity index (χ4n) is 2.70. The number of nitrogens with zero attached hydrogens (tertiary/aromatic N) is 2. The number of carbonyl (C=O) groups excluding carboxylic acids is 1. The van der Waals surface area contributed by atoms with E-state index in [-0.39, 0.29) is 18.5 Å². The molecule has 0 spiro atoms. The quantitative estimate of drug-likeness (QED) is 0.903. The van der Waals surface area contributed by atoms with Crippen molar-refractivity contribution in [2.75, 3.05) is 13.6 Å². The first kappa shape index (κ1) is 15.8. The molecule has 6 heteroatoms. The van der Waals surface area contributed by atoms with Crippen LogP contribution >= 0.6 is 15.9 Å². The second-order valence-electron chi connectivity index (χ2n) is 5.36. The summed E-state index contributed by atoms with van der Waals surface area (Å²) in [7, 11) is 1.75. The predicted octanol–water partition coefficient (Wildman–Crippen LogP) is 2.94. The first-order valence-corrected chi connectivity index (χ1v) is 7.74. The fraction of sp³-hybridized carbons (Fsp3) is 0.467. The highest BCUT2D eigenvalue weighted by atomic mass is 79.9. The molecular weight excluding hydrogens is 336 g/mol. The summed E-state index contributed by atoms with van der Waals surface area (Å²) in [6, 6.07) is 7.53. The van der Waals surface area contributed by atoms with Gasteiger partial charge in [0.05, 0.1) is 6.42 Å². The molecule has 1 fully saturated rings. The molecule has 1 aromatic rings. The zero-order valence-corrected chi connectivity index (χ0v) is 13.5. The number of hydrogen-bond donors (Lipinski definition) is 1. The van der Waals surface area contributed by atoms with Crippen LogP contribution in [-0.4, -0.2) is 46.5 Å². The third kappa shape index (κ3) is 4.20. The van der Waals surface area contributed by atoms with Gasteiger partial charge in [-0.05, 0) is 30.5 Å². The molecule has 0 bridgehead atoms. The van der Waals surface area contributed by atoms with Crippen LogP contribution in [-0.2, 0) is 11.3 Å². The van der Waals surface area contributed by atoms with Gasteiger partial charge in [0, 0.05) is 30.7 Å². The van der Waals surface area contributed by atoms with Gasteiger partial charge in [-0.25, -0.2) is 4.79 Å². The number of likely N-dealkylation sites (tertiary alicyclic amines) is 1. The van der Waals surface area contributed by atoms with E-state index in [1.165, 1.54) is 0 Å². The molecule has 0 aromatic heterocycles. The van der Waals surface area contributed by atoms with Gasteiger partial charge in [0.15, 0.2) is 0 Å². The highest BCUT2D eigenvalue weighted by molar-refractivity contribution is 9.10. The molecule has 0 aliphatic carbocycles. The molecule has 1 aromatic carbocycles. The van der Waals surface area contributed by atoms with E-state index in [9.17, 15) is 9.59 Å². The average Bonchev–Trinajstić information content (AvgIpc) is 2.85. The topological polar surface area (TPSA) is 60.9 Å². The molecule has 1 N–H and O–H groups in total. The van der Waals surface area contributed by atoms with E-state index in [2.05, 4.69) is 15.9 Å². The van der Waals surface area contributed by atoms with Crippen LogP contribution in [0.5, 0.6) is 0 Å². The number of urea groups is 1. The molecule has 114 valence electrons. The van der Waals surface area contributed by atoms with Crippen molar-refractivity contribution in [1.29, 1.82) is 0 Å². The SMILES string of the molecule is CN(Cc1cccc(Br)c1)C(=O)N1CCCC1CC(=O)O. The Hall–Kier alpha value is -1.56. The molecule has 1 atom stereocenters. The molecular formula is C15H19BrN2O3. The number of aliphatic carboxylic acids is 1. The van der Waals surface area contributed by atoms with E-state index in [1.807, 2.05) is 24.3 Å². The molecule has 1 aliphatic heterocycles. The first-order chi connectivity index (χ1) is 9.97. The standard InChI is InChI=1S/C15H19BrN2O3/c1-17(10-11-4-2-5-12(16)8-11)15(21)18-7-3-6-13(18)9-14(19)20/h2,4-5,8,13H,3,6-7,9-10H2,1H3,(H,19,20). The molecule has 2 rings (SSSR count). The van der Waals surface area contributed by atoms with Gasteiger partial charge in [0.25, 0.3) is 0 Å². The third-order valence-corrected chi connectivity index (χ3v) is 4.16. The van der Waals surface area contributed by atoms with Gasteiger partial charge in [-0.15, -0.1) is 0 Å². The smallest absolute Gasteiger partial charge is 0.320 e. The normalized spacial score (nSPS) is 17.8. The van der Waals surface area contributed by atoms with E-state index in [4.69, 9.17) is 5.11 Å². The average molecular weight is 355 g/mol. The summed E-state index contributed by atoms with van der Waals surface area (Å²) < 4.78 is 0.978. The molecule has 21 heavy (non-hydrogen) atoms. The summed E-state index contributed by atoms with van der Waals surface area (Å²) in [6.07, 6.45) is 1.66. The van der Waals surface area contributed by atoms with Gasteiger partial charge in [-0.1, -0.05) is 28.1 Å². The third-order valence-electron chi connectivity index (χ3n) is 3.67. The highest BCUT2D eigenvalue weighted by Gasteiger charge is 2.31. The Morgan fingerprint density at radius 1 is 1.48 bits per heavy atom. The van der Waals surface area contributed by atoms with Gasteiger partial charge in [0.1, 0.15) is 0 Å². The minimum Gasteiger partial charge on any atom is -0.481 e. The maximum absolute atomic E-state index is 12.5. The summed E-state index contributed by atoms with van der Waals surface area (Å²) >= 11 is 3.41. The van der Waals surface area contributed by atoms with Crippen LogP contribution in [0.1, 0.15) is 24.8 Å². The number of carbonyl (C=O) groups is 2. The zero-order valence-electron chi connectivity index (χ0n) is 12.0. The van der Waals surface area contributed by atoms with E-state index >= 15 is 0 Å². The molecule has 1 saturated heterocycles. The summed E-state index contributed by atoms with van der Waals surface area (Å²) in [6.45, 7) is 1.15. The fourth-order valence-corrected chi connectivity index (χ4v) is 3.14. The van der Waals surface area contributed by atoms with Crippen LogP contribution < -0.4 is 0 Å². The number of carboxylic acids is 1. The monoisotopic (exact) mass is 354 g/mol. The summed E-state index contributed by atoms with van der Waals surface area (Å²) in [4.78, 5) is 26.7. The minimum atomic E-state index is -0.852. The highest BCUT2D eigenvalue weighted by Crippen LogP contribution is 2.22. The van der Waals surface area contributed by atoms with Crippen LogP contribution in [0.15, 0.2) is 28.7 Å². The Morgan fingerprint density at radius 2 is 2.24 bits per heavy atom. The Labute approximate surface area is 132 Å². The first-order valence-electron chi connectivity index (χ1n) is 6.95. The number of hydrogen-bond acceptors (Lipinski definition) is 2. The van der Waals surface area contributed by atoms with Gasteiger partial charge < -0.3 is 14.9 Å². The Morgan fingerprint density at radius 3 is 2.90 bits per heavy atom. The van der Waals surface area contributed by atoms with Crippen molar-refractivity contribution in [3.05, 3.63) is 34.3 Å². The lowest BCUT2D eigenvalue weighted by molar-refractivity contribution is -0.138. The zero-order chi connectivity index (χ0) is 15.4. The van der Waals surface area contributed by atoms with Crippen molar-refractivity contribution in [3.63, 3.8) is 0 Å². The van der Waals surface area contributed by atoms with Crippen LogP contribution in [0.3, 0.4) is 0 Å². The van der Waals surface area contributed by atoms with Crippen LogP contribution in [0.4, 0.5) is 4.79 Å². The lowest BCUT2D eigenvalue weighted by atomic mass is 10.1. The summed E-state index contributed by atoms with van der Waals surface area (Å²) in [5, 5.41) is 8.92. The van der Waals surface area contributed by atoms with Crippen molar-refractivity contribution in [2.45, 2.75) is 31.8 Å². The number of halogens is 1. The maximum atomic E-state index is 12.5. The molecule has 0 saturated carbocycles. The van der Waals surface area contributed by atoms with Crippen molar-refractivity contribution < 1.29 is 14.7 Å². The van der Waals surface area contributed by atoms with Crippen molar-refractivity contribution in [2.24, 2.45) is 0 Å². The van der Waals surface area contributed by atoms with Crippen LogP contribution in [0.2, 0.25) is 0 Å². The van der Waals surface area contributed by atoms with Crippen LogP contribution in [0, 0.1) is 0 Å². The van der Waals surface area contributed by atoms with Crippen molar-refractivity contribution in [3.8, 4) is 0 Å². The number of amides is 2. The van der Waals surface area contributed by atoms with Crippen LogP contribution in [0.25, 0.3) is 0 Å². The molecule has 1 heterocycles. The molecule has 5 nitrogen and oxygen atoms in total. The Bertz CT molecular complexity index is 535. The second kappa shape index (κ2) is 6.93. The summed E-state index contributed by atoms with van der Waals surface area (Å²) in [5.41, 5.74) is 1.04. The predicted molar refractivity (Wildman–Crippen MR) is 83.0 cm³/mol. The van der Waals surface area contributed by atoms with Gasteiger partial charge in [-0.2, -0.15) is 0 Å². The molecule has 1 unspecified atom stereocenters. The summed E-state index contributed by atoms with van der Waals surface area (Å²) in [5.74, 6) is -0.852. The lowest BCUT2D eigenvalue weighted by Gasteiger charge is -2.29. The number of benzene rings is 1. The Kier molecular flexibility index (Phi) is 5.22. The van der Waals surface area contributed by atoms with E-state index in [0.29, 0.717) is 13.1 Å². The van der Waals surface area contributed by atoms with E-state index < -0.39 is 5.97 Å². The number of rotatable bonds is 4. The largest absolute Gasteiger partial charge is 0.481 e. The van der Waals surface area contributed by atoms with Crippen molar-refractivity contribution in [1.82, 2.24) is 9.80 Å². The lowest BCUT2D eigenvalue weighted by Crippen LogP contribution is -2.44. The van der Waals surface area contributed by atoms with E-state index in [0.717, 1.165) is 22.9 Å². The second-order valence-corrected chi connectivity index (χ2v) is 6.27.